The minimum absolute atomic E-state index is 0.552. The maximum atomic E-state index is 9.94. The van der Waals surface area contributed by atoms with Gasteiger partial charge in [-0.1, -0.05) is 140 Å². The topological polar surface area (TPSA) is 75.6 Å². The summed E-state index contributed by atoms with van der Waals surface area (Å²) in [7, 11) is 0. The van der Waals surface area contributed by atoms with Gasteiger partial charge in [0.15, 0.2) is 17.5 Å². The third kappa shape index (κ3) is 5.61. The molecule has 0 saturated heterocycles. The fourth-order valence-electron chi connectivity index (χ4n) is 6.66. The molecule has 7 aromatic carbocycles. The Bertz CT molecular complexity index is 2730. The van der Waals surface area contributed by atoms with Crippen LogP contribution in [-0.2, 0) is 0 Å². The number of furan rings is 1. The first kappa shape index (κ1) is 29.9. The first-order valence-corrected chi connectivity index (χ1v) is 16.7. The van der Waals surface area contributed by atoms with Crippen LogP contribution in [0.3, 0.4) is 0 Å². The van der Waals surface area contributed by atoms with Crippen LogP contribution in [0.25, 0.3) is 89.5 Å². The fourth-order valence-corrected chi connectivity index (χ4v) is 6.66. The summed E-state index contributed by atoms with van der Waals surface area (Å²) in [6.45, 7) is 0. The summed E-state index contributed by atoms with van der Waals surface area (Å²) < 4.78 is 6.42. The Morgan fingerprint density at radius 2 is 0.922 bits per heavy atom. The molecule has 0 amide bonds. The highest BCUT2D eigenvalue weighted by atomic mass is 16.3. The molecule has 51 heavy (non-hydrogen) atoms. The van der Waals surface area contributed by atoms with Crippen molar-refractivity contribution in [2.45, 2.75) is 0 Å². The molecule has 0 aliphatic rings. The van der Waals surface area contributed by atoms with Gasteiger partial charge in [-0.05, 0) is 58.1 Å². The molecular weight excluding hydrogens is 625 g/mol. The van der Waals surface area contributed by atoms with Crippen molar-refractivity contribution in [3.63, 3.8) is 0 Å². The van der Waals surface area contributed by atoms with Crippen LogP contribution in [0.15, 0.2) is 174 Å². The third-order valence-corrected chi connectivity index (χ3v) is 9.21. The fraction of sp³-hybridized carbons (Fsp3) is 0. The van der Waals surface area contributed by atoms with Gasteiger partial charge < -0.3 is 4.42 Å². The van der Waals surface area contributed by atoms with Crippen LogP contribution in [0.5, 0.6) is 0 Å². The standard InChI is InChI=1S/C46H28N4O/c47-29-37-24-23-35(30-11-4-1-5-12-30)27-40(37)32-19-21-34(22-20-32)45-48-44(33-15-8-3-9-16-33)49-46(50-45)36-25-26-39-42(28-36)51-41-18-10-17-38(43(39)41)31-13-6-2-7-14-31/h1-28H. The van der Waals surface area contributed by atoms with E-state index in [2.05, 4.69) is 66.7 Å². The first-order chi connectivity index (χ1) is 25.2. The molecule has 0 N–H and O–H groups in total. The van der Waals surface area contributed by atoms with Crippen LogP contribution in [0, 0.1) is 11.3 Å². The van der Waals surface area contributed by atoms with Crippen molar-refractivity contribution >= 4 is 21.9 Å². The largest absolute Gasteiger partial charge is 0.456 e. The molecule has 0 saturated carbocycles. The van der Waals surface area contributed by atoms with Gasteiger partial charge in [-0.15, -0.1) is 0 Å². The van der Waals surface area contributed by atoms with Crippen molar-refractivity contribution in [3.8, 4) is 73.6 Å². The lowest BCUT2D eigenvalue weighted by atomic mass is 9.94. The average Bonchev–Trinajstić information content (AvgIpc) is 3.60. The molecule has 9 aromatic rings. The maximum absolute atomic E-state index is 9.94. The van der Waals surface area contributed by atoms with Crippen LogP contribution < -0.4 is 0 Å². The predicted molar refractivity (Wildman–Crippen MR) is 204 cm³/mol. The van der Waals surface area contributed by atoms with Crippen molar-refractivity contribution in [1.82, 2.24) is 15.0 Å². The number of hydrogen-bond donors (Lipinski definition) is 0. The van der Waals surface area contributed by atoms with E-state index in [1.54, 1.807) is 0 Å². The zero-order chi connectivity index (χ0) is 34.1. The lowest BCUT2D eigenvalue weighted by molar-refractivity contribution is 0.669. The van der Waals surface area contributed by atoms with Gasteiger partial charge in [-0.3, -0.25) is 0 Å². The number of hydrogen-bond acceptors (Lipinski definition) is 5. The number of nitriles is 1. The minimum atomic E-state index is 0.552. The zero-order valence-electron chi connectivity index (χ0n) is 27.4. The zero-order valence-corrected chi connectivity index (χ0v) is 27.4. The smallest absolute Gasteiger partial charge is 0.164 e. The molecular formula is C46H28N4O. The number of aromatic nitrogens is 3. The average molecular weight is 653 g/mol. The Morgan fingerprint density at radius 1 is 0.392 bits per heavy atom. The Kier molecular flexibility index (Phi) is 7.46. The maximum Gasteiger partial charge on any atom is 0.164 e. The van der Waals surface area contributed by atoms with E-state index in [4.69, 9.17) is 19.4 Å². The third-order valence-electron chi connectivity index (χ3n) is 9.21. The van der Waals surface area contributed by atoms with Crippen LogP contribution in [0.4, 0.5) is 0 Å². The highest BCUT2D eigenvalue weighted by Crippen LogP contribution is 2.38. The molecule has 0 radical (unpaired) electrons. The molecule has 0 atom stereocenters. The second-order valence-electron chi connectivity index (χ2n) is 12.3. The van der Waals surface area contributed by atoms with Crippen molar-refractivity contribution < 1.29 is 4.42 Å². The lowest BCUT2D eigenvalue weighted by Crippen LogP contribution is -2.00. The second kappa shape index (κ2) is 12.7. The molecule has 0 unspecified atom stereocenters. The molecule has 2 aromatic heterocycles. The van der Waals surface area contributed by atoms with Gasteiger partial charge in [0.1, 0.15) is 11.2 Å². The predicted octanol–water partition coefficient (Wildman–Crippen LogP) is 11.6. The quantitative estimate of drug-likeness (QED) is 0.179. The highest BCUT2D eigenvalue weighted by Gasteiger charge is 2.17. The molecule has 5 heteroatoms. The van der Waals surface area contributed by atoms with Crippen molar-refractivity contribution in [2.24, 2.45) is 0 Å². The SMILES string of the molecule is N#Cc1ccc(-c2ccccc2)cc1-c1ccc(-c2nc(-c3ccccc3)nc(-c3ccc4c(c3)oc3cccc(-c5ccccc5)c34)n2)cc1. The molecule has 0 spiro atoms. The van der Waals surface area contributed by atoms with E-state index in [9.17, 15) is 5.26 Å². The number of nitrogens with zero attached hydrogens (tertiary/aromatic N) is 4. The van der Waals surface area contributed by atoms with Crippen LogP contribution in [0.2, 0.25) is 0 Å². The van der Waals surface area contributed by atoms with Crippen LogP contribution in [-0.4, -0.2) is 15.0 Å². The van der Waals surface area contributed by atoms with Crippen LogP contribution in [0.1, 0.15) is 5.56 Å². The lowest BCUT2D eigenvalue weighted by Gasteiger charge is -2.11. The highest BCUT2D eigenvalue weighted by molar-refractivity contribution is 6.13. The van der Waals surface area contributed by atoms with Gasteiger partial charge in [-0.25, -0.2) is 15.0 Å². The van der Waals surface area contributed by atoms with Gasteiger partial charge in [0.25, 0.3) is 0 Å². The Labute approximate surface area is 294 Å². The molecule has 0 bridgehead atoms. The van der Waals surface area contributed by atoms with E-state index in [0.717, 1.165) is 72.0 Å². The van der Waals surface area contributed by atoms with Gasteiger partial charge in [-0.2, -0.15) is 5.26 Å². The molecule has 9 rings (SSSR count). The van der Waals surface area contributed by atoms with Gasteiger partial charge in [0, 0.05) is 33.0 Å². The van der Waals surface area contributed by atoms with E-state index in [1.807, 2.05) is 109 Å². The van der Waals surface area contributed by atoms with Crippen LogP contribution >= 0.6 is 0 Å². The summed E-state index contributed by atoms with van der Waals surface area (Å²) in [4.78, 5) is 14.9. The van der Waals surface area contributed by atoms with E-state index in [-0.39, 0.29) is 0 Å². The number of fused-ring (bicyclic) bond motifs is 3. The monoisotopic (exact) mass is 652 g/mol. The molecule has 0 aliphatic heterocycles. The van der Waals surface area contributed by atoms with Gasteiger partial charge >= 0.3 is 0 Å². The summed E-state index contributed by atoms with van der Waals surface area (Å²) in [5.41, 5.74) is 11.0. The minimum Gasteiger partial charge on any atom is -0.456 e. The van der Waals surface area contributed by atoms with Gasteiger partial charge in [0.2, 0.25) is 0 Å². The molecule has 2 heterocycles. The summed E-state index contributed by atoms with van der Waals surface area (Å²) in [6.07, 6.45) is 0. The Balaban J connectivity index is 1.14. The summed E-state index contributed by atoms with van der Waals surface area (Å²) in [5, 5.41) is 12.1. The van der Waals surface area contributed by atoms with Crippen molar-refractivity contribution in [1.29, 1.82) is 5.26 Å². The van der Waals surface area contributed by atoms with Crippen molar-refractivity contribution in [3.05, 3.63) is 175 Å². The summed E-state index contributed by atoms with van der Waals surface area (Å²) >= 11 is 0. The first-order valence-electron chi connectivity index (χ1n) is 16.7. The van der Waals surface area contributed by atoms with E-state index >= 15 is 0 Å². The van der Waals surface area contributed by atoms with Crippen molar-refractivity contribution in [2.75, 3.05) is 0 Å². The summed E-state index contributed by atoms with van der Waals surface area (Å²) in [6, 6.07) is 59.2. The normalized spacial score (nSPS) is 11.1. The number of benzene rings is 7. The van der Waals surface area contributed by atoms with E-state index in [1.165, 1.54) is 0 Å². The summed E-state index contributed by atoms with van der Waals surface area (Å²) in [5.74, 6) is 1.69. The molecule has 5 nitrogen and oxygen atoms in total. The number of rotatable bonds is 6. The van der Waals surface area contributed by atoms with E-state index in [0.29, 0.717) is 23.0 Å². The molecule has 0 fully saturated rings. The molecule has 0 aliphatic carbocycles. The molecule has 238 valence electrons. The second-order valence-corrected chi connectivity index (χ2v) is 12.3. The van der Waals surface area contributed by atoms with E-state index < -0.39 is 0 Å². The van der Waals surface area contributed by atoms with Gasteiger partial charge in [0.05, 0.1) is 11.6 Å². The Hall–Kier alpha value is -7.16. The Morgan fingerprint density at radius 3 is 1.59 bits per heavy atom.